The molecule has 0 saturated heterocycles. The van der Waals surface area contributed by atoms with E-state index in [1.54, 1.807) is 11.1 Å². The van der Waals surface area contributed by atoms with Crippen molar-refractivity contribution in [2.24, 2.45) is 17.8 Å². The quantitative estimate of drug-likeness (QED) is 0.573. The van der Waals surface area contributed by atoms with Gasteiger partial charge in [-0.3, -0.25) is 0 Å². The molecule has 1 fully saturated rings. The zero-order valence-electron chi connectivity index (χ0n) is 14.0. The molecule has 2 aliphatic rings. The van der Waals surface area contributed by atoms with E-state index in [4.69, 9.17) is 0 Å². The fraction of sp³-hybridized carbons (Fsp3) is 0.714. The van der Waals surface area contributed by atoms with Crippen molar-refractivity contribution in [2.45, 2.75) is 78.1 Å². The predicted molar refractivity (Wildman–Crippen MR) is 91.7 cm³/mol. The molecule has 1 saturated carbocycles. The van der Waals surface area contributed by atoms with Gasteiger partial charge < -0.3 is 0 Å². The Morgan fingerprint density at radius 1 is 0.905 bits per heavy atom. The van der Waals surface area contributed by atoms with Gasteiger partial charge in [0.1, 0.15) is 0 Å². The first kappa shape index (κ1) is 15.1. The molecule has 0 aromatic heterocycles. The maximum atomic E-state index is 2.44. The summed E-state index contributed by atoms with van der Waals surface area (Å²) in [6.45, 7) is 4.55. The van der Waals surface area contributed by atoms with Crippen LogP contribution in [0.25, 0.3) is 0 Å². The predicted octanol–water partition coefficient (Wildman–Crippen LogP) is 6.10. The topological polar surface area (TPSA) is 0 Å². The van der Waals surface area contributed by atoms with Crippen LogP contribution in [0.15, 0.2) is 18.2 Å². The molecule has 0 bridgehead atoms. The summed E-state index contributed by atoms with van der Waals surface area (Å²) in [7, 11) is 0. The Morgan fingerprint density at radius 3 is 2.43 bits per heavy atom. The van der Waals surface area contributed by atoms with Gasteiger partial charge in [-0.2, -0.15) is 0 Å². The smallest absolute Gasteiger partial charge is 0.0242 e. The van der Waals surface area contributed by atoms with Crippen LogP contribution in [0, 0.1) is 24.7 Å². The Kier molecular flexibility index (Phi) is 5.03. The van der Waals surface area contributed by atoms with Crippen molar-refractivity contribution in [1.82, 2.24) is 0 Å². The van der Waals surface area contributed by atoms with Crippen LogP contribution in [0.3, 0.4) is 0 Å². The van der Waals surface area contributed by atoms with Crippen LogP contribution >= 0.6 is 0 Å². The normalized spacial score (nSPS) is 28.6. The number of fused-ring (bicyclic) bond motifs is 1. The number of benzene rings is 1. The zero-order valence-corrected chi connectivity index (χ0v) is 14.0. The average Bonchev–Trinajstić information content (AvgIpc) is 2.91. The van der Waals surface area contributed by atoms with Gasteiger partial charge in [0.15, 0.2) is 0 Å². The molecule has 0 nitrogen and oxygen atoms in total. The standard InChI is InChI=1S/C21H32/c1-3-4-5-6-17-8-11-18(12-9-17)21-14-19-10-7-16(2)13-20(19)15-21/h7,10,13,17-18,21H,3-6,8-9,11-12,14-15H2,1-2H3. The molecule has 0 spiro atoms. The summed E-state index contributed by atoms with van der Waals surface area (Å²) >= 11 is 0. The number of hydrogen-bond acceptors (Lipinski definition) is 0. The van der Waals surface area contributed by atoms with Crippen molar-refractivity contribution >= 4 is 0 Å². The first-order chi connectivity index (χ1) is 10.3. The van der Waals surface area contributed by atoms with E-state index in [1.165, 1.54) is 69.8 Å². The molecular weight excluding hydrogens is 252 g/mol. The largest absolute Gasteiger partial charge is 0.0654 e. The molecule has 0 N–H and O–H groups in total. The Balaban J connectivity index is 1.48. The van der Waals surface area contributed by atoms with E-state index in [9.17, 15) is 0 Å². The van der Waals surface area contributed by atoms with Crippen LogP contribution < -0.4 is 0 Å². The lowest BCUT2D eigenvalue weighted by atomic mass is 9.73. The highest BCUT2D eigenvalue weighted by Crippen LogP contribution is 2.41. The van der Waals surface area contributed by atoms with E-state index in [0.717, 1.165) is 17.8 Å². The van der Waals surface area contributed by atoms with E-state index in [1.807, 2.05) is 0 Å². The van der Waals surface area contributed by atoms with Crippen molar-refractivity contribution in [3.05, 3.63) is 34.9 Å². The Hall–Kier alpha value is -0.780. The number of rotatable bonds is 5. The van der Waals surface area contributed by atoms with E-state index in [-0.39, 0.29) is 0 Å². The zero-order chi connectivity index (χ0) is 14.7. The maximum absolute atomic E-state index is 2.44. The van der Waals surface area contributed by atoms with E-state index in [2.05, 4.69) is 32.0 Å². The molecule has 0 amide bonds. The van der Waals surface area contributed by atoms with Crippen LogP contribution in [0.5, 0.6) is 0 Å². The summed E-state index contributed by atoms with van der Waals surface area (Å²) in [6, 6.07) is 7.12. The van der Waals surface area contributed by atoms with Crippen molar-refractivity contribution in [2.75, 3.05) is 0 Å². The Morgan fingerprint density at radius 2 is 1.67 bits per heavy atom. The van der Waals surface area contributed by atoms with Gasteiger partial charge in [0.05, 0.1) is 0 Å². The second-order valence-corrected chi connectivity index (χ2v) is 7.72. The molecule has 0 radical (unpaired) electrons. The summed E-state index contributed by atoms with van der Waals surface area (Å²) < 4.78 is 0. The SMILES string of the molecule is CCCCCC1CCC(C2Cc3ccc(C)cc3C2)CC1. The van der Waals surface area contributed by atoms with Crippen LogP contribution in [0.4, 0.5) is 0 Å². The summed E-state index contributed by atoms with van der Waals surface area (Å²) in [6.07, 6.45) is 14.6. The molecule has 0 heterocycles. The highest BCUT2D eigenvalue weighted by atomic mass is 14.4. The van der Waals surface area contributed by atoms with E-state index >= 15 is 0 Å². The minimum atomic E-state index is 0.957. The second-order valence-electron chi connectivity index (χ2n) is 7.72. The molecule has 1 atom stereocenters. The molecule has 116 valence electrons. The van der Waals surface area contributed by atoms with Crippen molar-refractivity contribution < 1.29 is 0 Å². The second kappa shape index (κ2) is 6.99. The lowest BCUT2D eigenvalue weighted by molar-refractivity contribution is 0.200. The first-order valence-electron chi connectivity index (χ1n) is 9.34. The Labute approximate surface area is 131 Å². The monoisotopic (exact) mass is 284 g/mol. The van der Waals surface area contributed by atoms with Crippen LogP contribution in [-0.4, -0.2) is 0 Å². The van der Waals surface area contributed by atoms with Gasteiger partial charge in [-0.15, -0.1) is 0 Å². The first-order valence-corrected chi connectivity index (χ1v) is 9.34. The lowest BCUT2D eigenvalue weighted by Gasteiger charge is -2.32. The minimum Gasteiger partial charge on any atom is -0.0654 e. The average molecular weight is 284 g/mol. The van der Waals surface area contributed by atoms with Gasteiger partial charge in [-0.25, -0.2) is 0 Å². The fourth-order valence-electron chi connectivity index (χ4n) is 4.75. The Bertz CT molecular complexity index is 451. The molecule has 0 heteroatoms. The summed E-state index contributed by atoms with van der Waals surface area (Å²) in [5.41, 5.74) is 4.75. The fourth-order valence-corrected chi connectivity index (χ4v) is 4.75. The van der Waals surface area contributed by atoms with Crippen LogP contribution in [0.2, 0.25) is 0 Å². The van der Waals surface area contributed by atoms with Gasteiger partial charge in [0.25, 0.3) is 0 Å². The van der Waals surface area contributed by atoms with E-state index in [0.29, 0.717) is 0 Å². The molecule has 1 unspecified atom stereocenters. The van der Waals surface area contributed by atoms with Gasteiger partial charge in [0.2, 0.25) is 0 Å². The third kappa shape index (κ3) is 3.71. The highest BCUT2D eigenvalue weighted by molar-refractivity contribution is 5.35. The highest BCUT2D eigenvalue weighted by Gasteiger charge is 2.31. The number of aryl methyl sites for hydroxylation is 1. The van der Waals surface area contributed by atoms with Crippen molar-refractivity contribution in [1.29, 1.82) is 0 Å². The molecule has 3 rings (SSSR count). The van der Waals surface area contributed by atoms with Crippen LogP contribution in [-0.2, 0) is 12.8 Å². The van der Waals surface area contributed by atoms with Gasteiger partial charge in [-0.05, 0) is 61.5 Å². The van der Waals surface area contributed by atoms with Crippen molar-refractivity contribution in [3.63, 3.8) is 0 Å². The van der Waals surface area contributed by atoms with Gasteiger partial charge in [0, 0.05) is 0 Å². The number of hydrogen-bond donors (Lipinski definition) is 0. The van der Waals surface area contributed by atoms with Crippen molar-refractivity contribution in [3.8, 4) is 0 Å². The van der Waals surface area contributed by atoms with Gasteiger partial charge >= 0.3 is 0 Å². The van der Waals surface area contributed by atoms with Crippen LogP contribution in [0.1, 0.15) is 75.0 Å². The molecule has 21 heavy (non-hydrogen) atoms. The summed E-state index contributed by atoms with van der Waals surface area (Å²) in [5.74, 6) is 3.03. The maximum Gasteiger partial charge on any atom is -0.0242 e. The van der Waals surface area contributed by atoms with Gasteiger partial charge in [-0.1, -0.05) is 69.2 Å². The molecule has 2 aliphatic carbocycles. The summed E-state index contributed by atoms with van der Waals surface area (Å²) in [5, 5.41) is 0. The van der Waals surface area contributed by atoms with E-state index < -0.39 is 0 Å². The number of unbranched alkanes of at least 4 members (excludes halogenated alkanes) is 2. The molecular formula is C21H32. The lowest BCUT2D eigenvalue weighted by Crippen LogP contribution is -2.22. The third-order valence-corrected chi connectivity index (χ3v) is 6.10. The minimum absolute atomic E-state index is 0.957. The third-order valence-electron chi connectivity index (χ3n) is 6.10. The summed E-state index contributed by atoms with van der Waals surface area (Å²) in [4.78, 5) is 0. The molecule has 1 aromatic carbocycles. The molecule has 1 aromatic rings. The molecule has 0 aliphatic heterocycles.